The summed E-state index contributed by atoms with van der Waals surface area (Å²) >= 11 is 3.25. The lowest BCUT2D eigenvalue weighted by atomic mass is 10.1. The van der Waals surface area contributed by atoms with Crippen LogP contribution in [0.1, 0.15) is 11.6 Å². The van der Waals surface area contributed by atoms with Crippen molar-refractivity contribution in [2.45, 2.75) is 12.5 Å². The van der Waals surface area contributed by atoms with E-state index in [4.69, 9.17) is 0 Å². The molecule has 1 atom stereocenters. The molecule has 0 bridgehead atoms. The Hall–Kier alpha value is -0.590. The van der Waals surface area contributed by atoms with Crippen LogP contribution in [-0.4, -0.2) is 42.5 Å². The number of piperazine rings is 1. The summed E-state index contributed by atoms with van der Waals surface area (Å²) in [6.45, 7) is 2.77. The normalized spacial score (nSPS) is 19.5. The van der Waals surface area contributed by atoms with E-state index in [2.05, 4.69) is 26.2 Å². The van der Waals surface area contributed by atoms with Crippen molar-refractivity contribution in [1.29, 1.82) is 0 Å². The molecule has 0 spiro atoms. The average Bonchev–Trinajstić information content (AvgIpc) is 2.33. The molecule has 1 N–H and O–H groups in total. The minimum Gasteiger partial charge on any atom is -0.314 e. The van der Waals surface area contributed by atoms with E-state index in [1.54, 1.807) is 18.3 Å². The zero-order valence-electron chi connectivity index (χ0n) is 9.24. The zero-order chi connectivity index (χ0) is 12.3. The van der Waals surface area contributed by atoms with Gasteiger partial charge in [-0.1, -0.05) is 6.07 Å². The lowest BCUT2D eigenvalue weighted by Gasteiger charge is -2.34. The maximum Gasteiger partial charge on any atom is 0.258 e. The molecule has 1 aliphatic heterocycles. The Kier molecular flexibility index (Phi) is 4.42. The van der Waals surface area contributed by atoms with E-state index in [0.29, 0.717) is 23.3 Å². The quantitative estimate of drug-likeness (QED) is 0.867. The highest BCUT2D eigenvalue weighted by Crippen LogP contribution is 2.31. The van der Waals surface area contributed by atoms with Gasteiger partial charge in [-0.25, -0.2) is 13.8 Å². The second-order valence-corrected chi connectivity index (χ2v) is 4.70. The second kappa shape index (κ2) is 5.84. The van der Waals surface area contributed by atoms with E-state index in [1.807, 2.05) is 4.90 Å². The Balaban J connectivity index is 2.25. The summed E-state index contributed by atoms with van der Waals surface area (Å²) in [6, 6.07) is 2.52. The summed E-state index contributed by atoms with van der Waals surface area (Å²) < 4.78 is 27.0. The molecule has 2 heterocycles. The van der Waals surface area contributed by atoms with Crippen LogP contribution in [0.3, 0.4) is 0 Å². The number of alkyl halides is 2. The van der Waals surface area contributed by atoms with Gasteiger partial charge in [-0.05, 0) is 22.0 Å². The number of hydrogen-bond acceptors (Lipinski definition) is 3. The minimum atomic E-state index is -2.41. The van der Waals surface area contributed by atoms with Gasteiger partial charge in [-0.3, -0.25) is 4.90 Å². The molecule has 0 saturated carbocycles. The minimum absolute atomic E-state index is 0.504. The van der Waals surface area contributed by atoms with Gasteiger partial charge in [0.15, 0.2) is 0 Å². The lowest BCUT2D eigenvalue weighted by molar-refractivity contribution is 0.0176. The first-order valence-corrected chi connectivity index (χ1v) is 6.33. The SMILES string of the molecule is FC(F)[C@H](c1cccnc1Br)N1CCNCC1. The number of hydrogen-bond donors (Lipinski definition) is 1. The number of aromatic nitrogens is 1. The van der Waals surface area contributed by atoms with E-state index >= 15 is 0 Å². The topological polar surface area (TPSA) is 28.2 Å². The van der Waals surface area contributed by atoms with Crippen LogP contribution in [0.2, 0.25) is 0 Å². The Morgan fingerprint density at radius 3 is 2.65 bits per heavy atom. The van der Waals surface area contributed by atoms with E-state index in [0.717, 1.165) is 13.1 Å². The van der Waals surface area contributed by atoms with Crippen LogP contribution in [0.4, 0.5) is 8.78 Å². The van der Waals surface area contributed by atoms with Crippen LogP contribution in [0.15, 0.2) is 22.9 Å². The van der Waals surface area contributed by atoms with Gasteiger partial charge in [0.25, 0.3) is 6.43 Å². The monoisotopic (exact) mass is 305 g/mol. The van der Waals surface area contributed by atoms with E-state index in [1.165, 1.54) is 0 Å². The largest absolute Gasteiger partial charge is 0.314 e. The summed E-state index contributed by atoms with van der Waals surface area (Å²) in [5.41, 5.74) is 0.560. The molecular weight excluding hydrogens is 292 g/mol. The molecular formula is C11H14BrF2N3. The summed E-state index contributed by atoms with van der Waals surface area (Å²) in [6.07, 6.45) is -0.818. The maximum absolute atomic E-state index is 13.2. The zero-order valence-corrected chi connectivity index (χ0v) is 10.8. The van der Waals surface area contributed by atoms with Crippen molar-refractivity contribution in [3.05, 3.63) is 28.5 Å². The van der Waals surface area contributed by atoms with Crippen LogP contribution >= 0.6 is 15.9 Å². The predicted octanol–water partition coefficient (Wildman–Crippen LogP) is 2.06. The first-order chi connectivity index (χ1) is 8.20. The van der Waals surface area contributed by atoms with Crippen molar-refractivity contribution >= 4 is 15.9 Å². The summed E-state index contributed by atoms with van der Waals surface area (Å²) in [7, 11) is 0. The van der Waals surface area contributed by atoms with Gasteiger partial charge in [0.05, 0.1) is 6.04 Å². The van der Waals surface area contributed by atoms with Crippen molar-refractivity contribution in [3.8, 4) is 0 Å². The summed E-state index contributed by atoms with van der Waals surface area (Å²) in [5.74, 6) is 0. The average molecular weight is 306 g/mol. The third-order valence-corrected chi connectivity index (χ3v) is 3.55. The Morgan fingerprint density at radius 1 is 1.35 bits per heavy atom. The Labute approximate surface area is 107 Å². The van der Waals surface area contributed by atoms with Gasteiger partial charge >= 0.3 is 0 Å². The fourth-order valence-electron chi connectivity index (χ4n) is 2.07. The number of nitrogens with one attached hydrogen (secondary N) is 1. The second-order valence-electron chi connectivity index (χ2n) is 3.95. The van der Waals surface area contributed by atoms with Gasteiger partial charge in [-0.15, -0.1) is 0 Å². The predicted molar refractivity (Wildman–Crippen MR) is 65.1 cm³/mol. The van der Waals surface area contributed by atoms with Crippen molar-refractivity contribution in [2.75, 3.05) is 26.2 Å². The molecule has 1 aromatic rings. The molecule has 0 radical (unpaired) electrons. The molecule has 3 nitrogen and oxygen atoms in total. The molecule has 17 heavy (non-hydrogen) atoms. The summed E-state index contributed by atoms with van der Waals surface area (Å²) in [5, 5.41) is 3.16. The molecule has 1 fully saturated rings. The van der Waals surface area contributed by atoms with E-state index in [9.17, 15) is 8.78 Å². The number of nitrogens with zero attached hydrogens (tertiary/aromatic N) is 2. The third kappa shape index (κ3) is 3.00. The molecule has 0 aliphatic carbocycles. The van der Waals surface area contributed by atoms with Gasteiger partial charge in [-0.2, -0.15) is 0 Å². The van der Waals surface area contributed by atoms with Crippen LogP contribution in [0.5, 0.6) is 0 Å². The summed E-state index contributed by atoms with van der Waals surface area (Å²) in [4.78, 5) is 5.83. The van der Waals surface area contributed by atoms with Gasteiger partial charge in [0, 0.05) is 37.9 Å². The first-order valence-electron chi connectivity index (χ1n) is 5.53. The Morgan fingerprint density at radius 2 is 2.06 bits per heavy atom. The molecule has 1 aromatic heterocycles. The number of halogens is 3. The highest BCUT2D eigenvalue weighted by Gasteiger charge is 2.31. The van der Waals surface area contributed by atoms with Crippen molar-refractivity contribution in [1.82, 2.24) is 15.2 Å². The molecule has 2 rings (SSSR count). The maximum atomic E-state index is 13.2. The number of rotatable bonds is 3. The molecule has 1 saturated heterocycles. The van der Waals surface area contributed by atoms with Crippen LogP contribution in [-0.2, 0) is 0 Å². The number of pyridine rings is 1. The third-order valence-electron chi connectivity index (χ3n) is 2.89. The van der Waals surface area contributed by atoms with Crippen molar-refractivity contribution < 1.29 is 8.78 Å². The highest BCUT2D eigenvalue weighted by molar-refractivity contribution is 9.10. The van der Waals surface area contributed by atoms with Gasteiger partial charge < -0.3 is 5.32 Å². The molecule has 6 heteroatoms. The highest BCUT2D eigenvalue weighted by atomic mass is 79.9. The van der Waals surface area contributed by atoms with Gasteiger partial charge in [0.1, 0.15) is 4.60 Å². The fourth-order valence-corrected chi connectivity index (χ4v) is 2.56. The van der Waals surface area contributed by atoms with E-state index < -0.39 is 12.5 Å². The molecule has 0 aromatic carbocycles. The van der Waals surface area contributed by atoms with Crippen molar-refractivity contribution in [2.24, 2.45) is 0 Å². The Bertz CT molecular complexity index is 369. The lowest BCUT2D eigenvalue weighted by Crippen LogP contribution is -2.47. The van der Waals surface area contributed by atoms with Crippen LogP contribution in [0, 0.1) is 0 Å². The molecule has 94 valence electrons. The van der Waals surface area contributed by atoms with E-state index in [-0.39, 0.29) is 0 Å². The molecule has 0 unspecified atom stereocenters. The smallest absolute Gasteiger partial charge is 0.258 e. The van der Waals surface area contributed by atoms with Crippen LogP contribution in [0.25, 0.3) is 0 Å². The standard InChI is InChI=1S/C11H14BrF2N3/c12-10-8(2-1-3-16-10)9(11(13)14)17-6-4-15-5-7-17/h1-3,9,11,15H,4-7H2/t9-/m0/s1. The molecule has 1 aliphatic rings. The van der Waals surface area contributed by atoms with Gasteiger partial charge in [0.2, 0.25) is 0 Å². The molecule has 0 amide bonds. The fraction of sp³-hybridized carbons (Fsp3) is 0.545. The van der Waals surface area contributed by atoms with Crippen molar-refractivity contribution in [3.63, 3.8) is 0 Å². The first kappa shape index (κ1) is 12.9. The van der Waals surface area contributed by atoms with Crippen LogP contribution < -0.4 is 5.32 Å².